The monoisotopic (exact) mass is 177 g/mol. The van der Waals surface area contributed by atoms with E-state index < -0.39 is 0 Å². The molecule has 0 unspecified atom stereocenters. The van der Waals surface area contributed by atoms with Crippen molar-refractivity contribution >= 4 is 23.0 Å². The Hall–Kier alpha value is -2.04. The molecule has 3 N–H and O–H groups in total. The lowest BCUT2D eigenvalue weighted by Gasteiger charge is -1.90. The zero-order valence-electron chi connectivity index (χ0n) is 6.64. The van der Waals surface area contributed by atoms with E-state index in [-0.39, 0.29) is 0 Å². The SMILES string of the molecule is Nc1noc2cc(C=NO)ccc12. The molecule has 5 heteroatoms. The van der Waals surface area contributed by atoms with Crippen LogP contribution in [0.3, 0.4) is 0 Å². The summed E-state index contributed by atoms with van der Waals surface area (Å²) < 4.78 is 4.92. The summed E-state index contributed by atoms with van der Waals surface area (Å²) in [6, 6.07) is 5.21. The average Bonchev–Trinajstić information content (AvgIpc) is 2.48. The first-order chi connectivity index (χ1) is 6.31. The van der Waals surface area contributed by atoms with E-state index in [0.717, 1.165) is 10.9 Å². The number of anilines is 1. The molecular weight excluding hydrogens is 170 g/mol. The molecule has 0 aliphatic carbocycles. The number of nitrogen functional groups attached to an aromatic ring is 1. The van der Waals surface area contributed by atoms with E-state index in [1.807, 2.05) is 0 Å². The molecule has 66 valence electrons. The van der Waals surface area contributed by atoms with Crippen molar-refractivity contribution in [2.45, 2.75) is 0 Å². The highest BCUT2D eigenvalue weighted by atomic mass is 16.5. The Kier molecular flexibility index (Phi) is 1.63. The maximum Gasteiger partial charge on any atom is 0.174 e. The Bertz CT molecular complexity index is 461. The van der Waals surface area contributed by atoms with Crippen LogP contribution in [0.1, 0.15) is 5.56 Å². The molecule has 13 heavy (non-hydrogen) atoms. The van der Waals surface area contributed by atoms with Gasteiger partial charge in [0, 0.05) is 0 Å². The van der Waals surface area contributed by atoms with Crippen molar-refractivity contribution in [1.29, 1.82) is 0 Å². The van der Waals surface area contributed by atoms with Crippen molar-refractivity contribution in [3.63, 3.8) is 0 Å². The number of benzene rings is 1. The third-order valence-corrected chi connectivity index (χ3v) is 1.73. The fraction of sp³-hybridized carbons (Fsp3) is 0. The van der Waals surface area contributed by atoms with Gasteiger partial charge >= 0.3 is 0 Å². The summed E-state index contributed by atoms with van der Waals surface area (Å²) in [6.07, 6.45) is 1.30. The summed E-state index contributed by atoms with van der Waals surface area (Å²) in [5, 5.41) is 15.5. The summed E-state index contributed by atoms with van der Waals surface area (Å²) in [6.45, 7) is 0. The summed E-state index contributed by atoms with van der Waals surface area (Å²) in [4.78, 5) is 0. The number of rotatable bonds is 1. The van der Waals surface area contributed by atoms with E-state index >= 15 is 0 Å². The molecule has 0 bridgehead atoms. The maximum atomic E-state index is 8.30. The van der Waals surface area contributed by atoms with Crippen LogP contribution in [-0.4, -0.2) is 16.6 Å². The second kappa shape index (κ2) is 2.78. The van der Waals surface area contributed by atoms with Crippen LogP contribution < -0.4 is 5.73 Å². The number of fused-ring (bicyclic) bond motifs is 1. The van der Waals surface area contributed by atoms with Gasteiger partial charge in [-0.3, -0.25) is 0 Å². The average molecular weight is 177 g/mol. The molecule has 2 aromatic rings. The Morgan fingerprint density at radius 2 is 2.38 bits per heavy atom. The van der Waals surface area contributed by atoms with Gasteiger partial charge in [0.1, 0.15) is 0 Å². The van der Waals surface area contributed by atoms with Gasteiger partial charge in [0.2, 0.25) is 0 Å². The standard InChI is InChI=1S/C8H7N3O2/c9-8-6-2-1-5(4-10-12)3-7(6)13-11-8/h1-4,12H,(H2,9,11). The van der Waals surface area contributed by atoms with Crippen LogP contribution >= 0.6 is 0 Å². The minimum Gasteiger partial charge on any atom is -0.411 e. The van der Waals surface area contributed by atoms with Crippen molar-refractivity contribution in [2.24, 2.45) is 5.16 Å². The number of hydrogen-bond acceptors (Lipinski definition) is 5. The van der Waals surface area contributed by atoms with E-state index in [1.54, 1.807) is 18.2 Å². The summed E-state index contributed by atoms with van der Waals surface area (Å²) in [5.41, 5.74) is 6.82. The van der Waals surface area contributed by atoms with Crippen LogP contribution in [0.15, 0.2) is 27.9 Å². The first-order valence-corrected chi connectivity index (χ1v) is 3.63. The molecule has 0 aliphatic rings. The highest BCUT2D eigenvalue weighted by Crippen LogP contribution is 2.20. The molecule has 0 saturated carbocycles. The quantitative estimate of drug-likeness (QED) is 0.389. The number of oxime groups is 1. The fourth-order valence-corrected chi connectivity index (χ4v) is 1.12. The molecule has 2 rings (SSSR count). The fourth-order valence-electron chi connectivity index (χ4n) is 1.12. The van der Waals surface area contributed by atoms with E-state index in [4.69, 9.17) is 15.5 Å². The Morgan fingerprint density at radius 3 is 3.15 bits per heavy atom. The van der Waals surface area contributed by atoms with Crippen molar-refractivity contribution in [3.8, 4) is 0 Å². The van der Waals surface area contributed by atoms with E-state index in [2.05, 4.69) is 10.3 Å². The minimum atomic E-state index is 0.363. The van der Waals surface area contributed by atoms with Gasteiger partial charge in [-0.05, 0) is 17.7 Å². The normalized spacial score (nSPS) is 11.4. The number of aromatic nitrogens is 1. The van der Waals surface area contributed by atoms with Crippen LogP contribution in [0.5, 0.6) is 0 Å². The lowest BCUT2D eigenvalue weighted by molar-refractivity contribution is 0.322. The largest absolute Gasteiger partial charge is 0.411 e. The third kappa shape index (κ3) is 1.20. The van der Waals surface area contributed by atoms with Gasteiger partial charge in [0.15, 0.2) is 11.4 Å². The van der Waals surface area contributed by atoms with Gasteiger partial charge < -0.3 is 15.5 Å². The molecule has 5 nitrogen and oxygen atoms in total. The van der Waals surface area contributed by atoms with Gasteiger partial charge in [-0.15, -0.1) is 0 Å². The third-order valence-electron chi connectivity index (χ3n) is 1.73. The van der Waals surface area contributed by atoms with Crippen LogP contribution in [0.25, 0.3) is 11.0 Å². The molecule has 0 fully saturated rings. The molecule has 0 spiro atoms. The molecular formula is C8H7N3O2. The number of nitrogens with zero attached hydrogens (tertiary/aromatic N) is 2. The molecule has 1 aromatic heterocycles. The molecule has 0 aliphatic heterocycles. The van der Waals surface area contributed by atoms with Crippen molar-refractivity contribution in [3.05, 3.63) is 23.8 Å². The van der Waals surface area contributed by atoms with E-state index in [1.165, 1.54) is 6.21 Å². The van der Waals surface area contributed by atoms with Gasteiger partial charge in [-0.2, -0.15) is 0 Å². The summed E-state index contributed by atoms with van der Waals surface area (Å²) in [5.74, 6) is 0.363. The van der Waals surface area contributed by atoms with E-state index in [0.29, 0.717) is 11.4 Å². The van der Waals surface area contributed by atoms with Crippen molar-refractivity contribution in [2.75, 3.05) is 5.73 Å². The first-order valence-electron chi connectivity index (χ1n) is 3.63. The lowest BCUT2D eigenvalue weighted by Crippen LogP contribution is -1.84. The predicted molar refractivity (Wildman–Crippen MR) is 47.8 cm³/mol. The van der Waals surface area contributed by atoms with E-state index in [9.17, 15) is 0 Å². The Balaban J connectivity index is 2.63. The Morgan fingerprint density at radius 1 is 1.54 bits per heavy atom. The highest BCUT2D eigenvalue weighted by molar-refractivity contribution is 5.92. The second-order valence-electron chi connectivity index (χ2n) is 2.57. The molecule has 1 heterocycles. The first kappa shape index (κ1) is 7.60. The van der Waals surface area contributed by atoms with Crippen molar-refractivity contribution < 1.29 is 9.73 Å². The van der Waals surface area contributed by atoms with Gasteiger partial charge in [-0.1, -0.05) is 16.4 Å². The topological polar surface area (TPSA) is 84.6 Å². The van der Waals surface area contributed by atoms with Gasteiger partial charge in [0.05, 0.1) is 11.6 Å². The van der Waals surface area contributed by atoms with Gasteiger partial charge in [-0.25, -0.2) is 0 Å². The second-order valence-corrected chi connectivity index (χ2v) is 2.57. The van der Waals surface area contributed by atoms with Crippen LogP contribution in [0, 0.1) is 0 Å². The van der Waals surface area contributed by atoms with Gasteiger partial charge in [0.25, 0.3) is 0 Å². The molecule has 0 radical (unpaired) electrons. The molecule has 0 amide bonds. The number of hydrogen-bond donors (Lipinski definition) is 2. The zero-order valence-corrected chi connectivity index (χ0v) is 6.64. The molecule has 0 saturated heterocycles. The summed E-state index contributed by atoms with van der Waals surface area (Å²) in [7, 11) is 0. The maximum absolute atomic E-state index is 8.30. The Labute approximate surface area is 73.4 Å². The molecule has 1 aromatic carbocycles. The molecule has 0 atom stereocenters. The highest BCUT2D eigenvalue weighted by Gasteiger charge is 2.03. The van der Waals surface area contributed by atoms with Crippen LogP contribution in [0.4, 0.5) is 5.82 Å². The lowest BCUT2D eigenvalue weighted by atomic mass is 10.2. The predicted octanol–water partition coefficient (Wildman–Crippen LogP) is 1.22. The number of nitrogens with two attached hydrogens (primary N) is 1. The summed E-state index contributed by atoms with van der Waals surface area (Å²) >= 11 is 0. The van der Waals surface area contributed by atoms with Crippen molar-refractivity contribution in [1.82, 2.24) is 5.16 Å². The smallest absolute Gasteiger partial charge is 0.174 e. The minimum absolute atomic E-state index is 0.363. The van der Waals surface area contributed by atoms with Crippen LogP contribution in [-0.2, 0) is 0 Å². The zero-order chi connectivity index (χ0) is 9.26. The van der Waals surface area contributed by atoms with Crippen LogP contribution in [0.2, 0.25) is 0 Å².